The number of unbranched alkanes of at least 4 members (excludes halogenated alkanes) is 13. The van der Waals surface area contributed by atoms with Gasteiger partial charge in [0, 0.05) is 24.8 Å². The van der Waals surface area contributed by atoms with Gasteiger partial charge >= 0.3 is 8.80 Å². The minimum Gasteiger partial charge on any atom is -0.394 e. The molecule has 0 fully saturated rings. The lowest BCUT2D eigenvalue weighted by molar-refractivity contribution is 0.0523. The van der Waals surface area contributed by atoms with E-state index in [4.69, 9.17) is 19.0 Å². The highest BCUT2D eigenvalue weighted by molar-refractivity contribution is 6.60. The van der Waals surface area contributed by atoms with E-state index in [0.717, 1.165) is 18.9 Å². The molecule has 0 rings (SSSR count). The molecule has 0 aromatic rings. The molecule has 1 atom stereocenters. The first kappa shape index (κ1) is 35.0. The van der Waals surface area contributed by atoms with Crippen molar-refractivity contribution in [1.82, 2.24) is 0 Å². The van der Waals surface area contributed by atoms with Crippen LogP contribution in [0.5, 0.6) is 0 Å². The number of rotatable bonds is 27. The third-order valence-corrected chi connectivity index (χ3v) is 10.2. The number of aliphatic hydroxyl groups is 1. The first-order valence-electron chi connectivity index (χ1n) is 15.2. The number of hydrogen-bond donors (Lipinski definition) is 2. The zero-order valence-electron chi connectivity index (χ0n) is 24.4. The van der Waals surface area contributed by atoms with E-state index in [1.807, 2.05) is 13.8 Å². The van der Waals surface area contributed by atoms with Crippen LogP contribution in [0.15, 0.2) is 0 Å². The van der Waals surface area contributed by atoms with Crippen molar-refractivity contribution < 1.29 is 18.4 Å². The Hall–Kier alpha value is 0.0169. The van der Waals surface area contributed by atoms with Crippen LogP contribution in [0.25, 0.3) is 0 Å². The molecule has 0 amide bonds. The largest absolute Gasteiger partial charge is 0.501 e. The highest BCUT2D eigenvalue weighted by Crippen LogP contribution is 2.29. The van der Waals surface area contributed by atoms with Crippen LogP contribution in [0, 0.1) is 5.92 Å². The van der Waals surface area contributed by atoms with Gasteiger partial charge in [-0.25, -0.2) is 0 Å². The van der Waals surface area contributed by atoms with E-state index in [-0.39, 0.29) is 18.8 Å². The second kappa shape index (κ2) is 23.2. The minimum absolute atomic E-state index is 0.00746. The first-order valence-corrected chi connectivity index (χ1v) is 17.1. The van der Waals surface area contributed by atoms with Crippen molar-refractivity contribution in [3.63, 3.8) is 0 Å². The molecule has 0 radical (unpaired) electrons. The van der Waals surface area contributed by atoms with E-state index in [0.29, 0.717) is 19.1 Å². The van der Waals surface area contributed by atoms with Crippen molar-refractivity contribution in [3.8, 4) is 0 Å². The van der Waals surface area contributed by atoms with Crippen LogP contribution >= 0.6 is 0 Å². The molecule has 0 bridgehead atoms. The second-order valence-electron chi connectivity index (χ2n) is 10.9. The highest BCUT2D eigenvalue weighted by atomic mass is 28.4. The molecule has 5 nitrogen and oxygen atoms in total. The van der Waals surface area contributed by atoms with Crippen LogP contribution in [0.3, 0.4) is 0 Å². The van der Waals surface area contributed by atoms with Gasteiger partial charge < -0.3 is 24.1 Å². The summed E-state index contributed by atoms with van der Waals surface area (Å²) in [5.74, 6) is 0.493. The Kier molecular flexibility index (Phi) is 23.2. The molecule has 212 valence electrons. The Morgan fingerprint density at radius 2 is 1.09 bits per heavy atom. The van der Waals surface area contributed by atoms with Gasteiger partial charge in [0.05, 0.1) is 13.2 Å². The van der Waals surface area contributed by atoms with Crippen LogP contribution in [0.4, 0.5) is 0 Å². The topological polar surface area (TPSA) is 73.9 Å². The van der Waals surface area contributed by atoms with E-state index in [1.165, 1.54) is 96.3 Å². The average Bonchev–Trinajstić information content (AvgIpc) is 2.81. The predicted octanol–water partition coefficient (Wildman–Crippen LogP) is 8.01. The Balaban J connectivity index is 4.10. The summed E-state index contributed by atoms with van der Waals surface area (Å²) in [6, 6.07) is 0.792. The molecule has 35 heavy (non-hydrogen) atoms. The maximum atomic E-state index is 9.21. The normalized spacial score (nSPS) is 13.5. The van der Waals surface area contributed by atoms with Crippen molar-refractivity contribution in [2.24, 2.45) is 11.7 Å². The lowest BCUT2D eigenvalue weighted by Crippen LogP contribution is -2.47. The number of nitrogens with two attached hydrogens (primary N) is 1. The van der Waals surface area contributed by atoms with Crippen LogP contribution in [-0.2, 0) is 13.3 Å². The van der Waals surface area contributed by atoms with Gasteiger partial charge in [0.1, 0.15) is 0 Å². The van der Waals surface area contributed by atoms with Crippen molar-refractivity contribution in [3.05, 3.63) is 0 Å². The zero-order valence-corrected chi connectivity index (χ0v) is 25.4. The van der Waals surface area contributed by atoms with Gasteiger partial charge in [-0.05, 0) is 52.9 Å². The number of aliphatic hydroxyl groups excluding tert-OH is 1. The summed E-state index contributed by atoms with van der Waals surface area (Å²) in [6.45, 7) is 12.0. The fraction of sp³-hybridized carbons (Fsp3) is 1.00. The quantitative estimate of drug-likeness (QED) is 0.0852. The minimum atomic E-state index is -2.72. The van der Waals surface area contributed by atoms with Crippen molar-refractivity contribution >= 4 is 8.80 Å². The summed E-state index contributed by atoms with van der Waals surface area (Å²) in [4.78, 5) is 0. The van der Waals surface area contributed by atoms with Crippen molar-refractivity contribution in [2.45, 2.75) is 155 Å². The molecule has 0 aromatic carbocycles. The van der Waals surface area contributed by atoms with Crippen molar-refractivity contribution in [1.29, 1.82) is 0 Å². The maximum absolute atomic E-state index is 9.21. The summed E-state index contributed by atoms with van der Waals surface area (Å²) in [5, 5.41) is 9.21. The Labute approximate surface area is 220 Å². The van der Waals surface area contributed by atoms with E-state index < -0.39 is 8.80 Å². The molecule has 0 aliphatic rings. The molecule has 0 heterocycles. The molecule has 0 saturated carbocycles. The van der Waals surface area contributed by atoms with E-state index in [2.05, 4.69) is 20.8 Å². The third kappa shape index (κ3) is 19.8. The van der Waals surface area contributed by atoms with Gasteiger partial charge in [-0.1, -0.05) is 96.8 Å². The first-order chi connectivity index (χ1) is 16.8. The third-order valence-electron chi connectivity index (χ3n) is 7.14. The van der Waals surface area contributed by atoms with E-state index >= 15 is 0 Å². The summed E-state index contributed by atoms with van der Waals surface area (Å²) in [5.41, 5.74) is 6.39. The SMILES string of the molecule is CCCCCCCCCCCCCCCCC(CCC[Si](OCC)(OCC)OCCO)C(C)(C)N. The molecular formula is C29H63NO4Si. The molecule has 0 aliphatic carbocycles. The average molecular weight is 518 g/mol. The van der Waals surface area contributed by atoms with Gasteiger partial charge in [-0.3, -0.25) is 0 Å². The smallest absolute Gasteiger partial charge is 0.394 e. The maximum Gasteiger partial charge on any atom is 0.501 e. The summed E-state index contributed by atoms with van der Waals surface area (Å²) in [7, 11) is -2.72. The summed E-state index contributed by atoms with van der Waals surface area (Å²) >= 11 is 0. The van der Waals surface area contributed by atoms with Gasteiger partial charge in [-0.15, -0.1) is 0 Å². The van der Waals surface area contributed by atoms with Gasteiger partial charge in [0.2, 0.25) is 0 Å². The van der Waals surface area contributed by atoms with Gasteiger partial charge in [-0.2, -0.15) is 0 Å². The lowest BCUT2D eigenvalue weighted by Gasteiger charge is -2.33. The molecule has 3 N–H and O–H groups in total. The molecule has 0 saturated heterocycles. The van der Waals surface area contributed by atoms with Gasteiger partial charge in [0.15, 0.2) is 0 Å². The predicted molar refractivity (Wildman–Crippen MR) is 153 cm³/mol. The Bertz CT molecular complexity index is 439. The molecule has 1 unspecified atom stereocenters. The Morgan fingerprint density at radius 1 is 0.657 bits per heavy atom. The van der Waals surface area contributed by atoms with Crippen LogP contribution in [0.1, 0.15) is 144 Å². The van der Waals surface area contributed by atoms with Gasteiger partial charge in [0.25, 0.3) is 0 Å². The second-order valence-corrected chi connectivity index (χ2v) is 13.6. The van der Waals surface area contributed by atoms with E-state index in [9.17, 15) is 5.11 Å². The molecule has 0 spiro atoms. The number of hydrogen-bond acceptors (Lipinski definition) is 5. The monoisotopic (exact) mass is 517 g/mol. The fourth-order valence-corrected chi connectivity index (χ4v) is 7.62. The van der Waals surface area contributed by atoms with Crippen LogP contribution in [0.2, 0.25) is 6.04 Å². The van der Waals surface area contributed by atoms with E-state index in [1.54, 1.807) is 0 Å². The molecule has 0 aromatic heterocycles. The molecule has 0 aliphatic heterocycles. The highest BCUT2D eigenvalue weighted by Gasteiger charge is 2.40. The standard InChI is InChI=1S/C29H63NO4Si/c1-6-9-10-11-12-13-14-15-16-17-18-19-20-21-23-28(29(4,5)30)24-22-27-35(32-7-2,33-8-3)34-26-25-31/h28,31H,6-27,30H2,1-5H3. The lowest BCUT2D eigenvalue weighted by atomic mass is 9.81. The van der Waals surface area contributed by atoms with Crippen molar-refractivity contribution in [2.75, 3.05) is 26.4 Å². The Morgan fingerprint density at radius 3 is 1.49 bits per heavy atom. The van der Waals surface area contributed by atoms with Crippen LogP contribution < -0.4 is 5.73 Å². The zero-order chi connectivity index (χ0) is 26.3. The summed E-state index contributed by atoms with van der Waals surface area (Å²) < 4.78 is 17.9. The van der Waals surface area contributed by atoms with Crippen LogP contribution in [-0.4, -0.2) is 45.9 Å². The summed E-state index contributed by atoms with van der Waals surface area (Å²) in [6.07, 6.45) is 22.7. The fourth-order valence-electron chi connectivity index (χ4n) is 5.02. The molecular weight excluding hydrogens is 454 g/mol. The molecule has 6 heteroatoms.